The maximum atomic E-state index is 13.1. The first-order chi connectivity index (χ1) is 14.1. The Bertz CT molecular complexity index is 1070. The molecule has 4 rings (SSSR count). The van der Waals surface area contributed by atoms with Gasteiger partial charge in [0.05, 0.1) is 12.8 Å². The number of hydrogen-bond donors (Lipinski definition) is 1. The fourth-order valence-corrected chi connectivity index (χ4v) is 4.08. The Morgan fingerprint density at radius 3 is 2.69 bits per heavy atom. The number of hydrogen-bond acceptors (Lipinski definition) is 3. The van der Waals surface area contributed by atoms with Crippen LogP contribution in [0.25, 0.3) is 5.69 Å². The molecule has 1 fully saturated rings. The number of nitrogens with zero attached hydrogens (tertiary/aromatic N) is 2. The van der Waals surface area contributed by atoms with Crippen LogP contribution in [0, 0.1) is 6.92 Å². The molecular formula is C23H25N3O3. The van der Waals surface area contributed by atoms with Gasteiger partial charge in [-0.2, -0.15) is 0 Å². The van der Waals surface area contributed by atoms with Gasteiger partial charge in [-0.25, -0.2) is 4.79 Å². The highest BCUT2D eigenvalue weighted by molar-refractivity contribution is 5.94. The van der Waals surface area contributed by atoms with E-state index in [0.717, 1.165) is 42.9 Å². The second kappa shape index (κ2) is 7.99. The standard InChI is InChI=1S/C23H25N3O3/c1-16-15-24-23(28)26(16)19-10-8-18(9-11-19)22(27)25-12-4-6-20(25)13-17-5-3-7-21(14-17)29-2/h3,5,7-11,14-15,20H,4,6,12-13H2,1-2H3,(H,24,28). The number of H-pyrrole nitrogens is 1. The van der Waals surface area contributed by atoms with Crippen molar-refractivity contribution in [2.24, 2.45) is 0 Å². The minimum Gasteiger partial charge on any atom is -0.497 e. The molecule has 6 heteroatoms. The quantitative estimate of drug-likeness (QED) is 0.725. The van der Waals surface area contributed by atoms with Crippen LogP contribution in [-0.4, -0.2) is 40.1 Å². The summed E-state index contributed by atoms with van der Waals surface area (Å²) in [6.07, 6.45) is 4.50. The molecule has 0 aliphatic carbocycles. The van der Waals surface area contributed by atoms with Crippen molar-refractivity contribution < 1.29 is 9.53 Å². The normalized spacial score (nSPS) is 16.2. The third-order valence-corrected chi connectivity index (χ3v) is 5.58. The summed E-state index contributed by atoms with van der Waals surface area (Å²) in [5.41, 5.74) is 3.21. The highest BCUT2D eigenvalue weighted by Gasteiger charge is 2.29. The van der Waals surface area contributed by atoms with Gasteiger partial charge in [-0.15, -0.1) is 0 Å². The van der Waals surface area contributed by atoms with E-state index in [-0.39, 0.29) is 17.6 Å². The first kappa shape index (κ1) is 19.1. The SMILES string of the molecule is COc1cccc(CC2CCCN2C(=O)c2ccc(-n3c(C)c[nH]c3=O)cc2)c1. The molecule has 1 aliphatic heterocycles. The lowest BCUT2D eigenvalue weighted by Gasteiger charge is -2.25. The molecular weight excluding hydrogens is 366 g/mol. The van der Waals surface area contributed by atoms with E-state index in [1.807, 2.05) is 42.2 Å². The zero-order chi connectivity index (χ0) is 20.4. The van der Waals surface area contributed by atoms with Gasteiger partial charge in [0.1, 0.15) is 5.75 Å². The molecule has 1 N–H and O–H groups in total. The molecule has 2 aromatic carbocycles. The minimum absolute atomic E-state index is 0.0417. The Labute approximate surface area is 169 Å². The van der Waals surface area contributed by atoms with Gasteiger partial charge in [0.25, 0.3) is 5.91 Å². The highest BCUT2D eigenvalue weighted by atomic mass is 16.5. The summed E-state index contributed by atoms with van der Waals surface area (Å²) >= 11 is 0. The summed E-state index contributed by atoms with van der Waals surface area (Å²) in [6, 6.07) is 15.5. The first-order valence-electron chi connectivity index (χ1n) is 9.88. The molecule has 2 heterocycles. The zero-order valence-corrected chi connectivity index (χ0v) is 16.7. The van der Waals surface area contributed by atoms with E-state index in [4.69, 9.17) is 4.74 Å². The van der Waals surface area contributed by atoms with Gasteiger partial charge in [-0.1, -0.05) is 12.1 Å². The molecule has 1 aliphatic rings. The number of amides is 1. The number of aryl methyl sites for hydroxylation is 1. The number of aromatic amines is 1. The zero-order valence-electron chi connectivity index (χ0n) is 16.7. The number of aromatic nitrogens is 2. The largest absolute Gasteiger partial charge is 0.497 e. The third kappa shape index (κ3) is 3.83. The molecule has 1 amide bonds. The molecule has 0 bridgehead atoms. The molecule has 150 valence electrons. The predicted octanol–water partition coefficient (Wildman–Crippen LogP) is 3.33. The second-order valence-corrected chi connectivity index (χ2v) is 7.47. The maximum absolute atomic E-state index is 13.1. The van der Waals surface area contributed by atoms with Crippen molar-refractivity contribution in [3.8, 4) is 11.4 Å². The van der Waals surface area contributed by atoms with Crippen LogP contribution in [0.15, 0.2) is 59.5 Å². The van der Waals surface area contributed by atoms with E-state index < -0.39 is 0 Å². The number of carbonyl (C=O) groups is 1. The van der Waals surface area contributed by atoms with Gasteiger partial charge in [0.15, 0.2) is 0 Å². The van der Waals surface area contributed by atoms with E-state index in [9.17, 15) is 9.59 Å². The summed E-state index contributed by atoms with van der Waals surface area (Å²) in [6.45, 7) is 2.63. The number of nitrogens with one attached hydrogen (secondary N) is 1. The molecule has 1 unspecified atom stereocenters. The fourth-order valence-electron chi connectivity index (χ4n) is 4.08. The van der Waals surface area contributed by atoms with E-state index in [1.54, 1.807) is 30.0 Å². The Morgan fingerprint density at radius 2 is 2.00 bits per heavy atom. The van der Waals surface area contributed by atoms with Gasteiger partial charge in [-0.3, -0.25) is 9.36 Å². The predicted molar refractivity (Wildman–Crippen MR) is 112 cm³/mol. The number of methoxy groups -OCH3 is 1. The monoisotopic (exact) mass is 391 g/mol. The minimum atomic E-state index is -0.181. The van der Waals surface area contributed by atoms with Crippen LogP contribution in [0.2, 0.25) is 0 Å². The summed E-state index contributed by atoms with van der Waals surface area (Å²) in [4.78, 5) is 29.7. The van der Waals surface area contributed by atoms with Gasteiger partial charge < -0.3 is 14.6 Å². The van der Waals surface area contributed by atoms with Gasteiger partial charge in [0, 0.05) is 30.0 Å². The van der Waals surface area contributed by atoms with Crippen LogP contribution >= 0.6 is 0 Å². The maximum Gasteiger partial charge on any atom is 0.330 e. The smallest absolute Gasteiger partial charge is 0.330 e. The average molecular weight is 391 g/mol. The van der Waals surface area contributed by atoms with Crippen molar-refractivity contribution in [2.45, 2.75) is 32.2 Å². The van der Waals surface area contributed by atoms with Crippen LogP contribution in [0.5, 0.6) is 5.75 Å². The number of rotatable bonds is 5. The van der Waals surface area contributed by atoms with Crippen LogP contribution < -0.4 is 10.4 Å². The van der Waals surface area contributed by atoms with Crippen molar-refractivity contribution >= 4 is 5.91 Å². The fraction of sp³-hybridized carbons (Fsp3) is 0.304. The lowest BCUT2D eigenvalue weighted by Crippen LogP contribution is -2.36. The summed E-state index contributed by atoms with van der Waals surface area (Å²) in [7, 11) is 1.66. The molecule has 29 heavy (non-hydrogen) atoms. The molecule has 0 saturated carbocycles. The number of carbonyl (C=O) groups excluding carboxylic acids is 1. The van der Waals surface area contributed by atoms with E-state index in [0.29, 0.717) is 5.56 Å². The van der Waals surface area contributed by atoms with Crippen molar-refractivity contribution in [1.29, 1.82) is 0 Å². The van der Waals surface area contributed by atoms with Crippen molar-refractivity contribution in [3.63, 3.8) is 0 Å². The topological polar surface area (TPSA) is 67.3 Å². The van der Waals surface area contributed by atoms with E-state index >= 15 is 0 Å². The van der Waals surface area contributed by atoms with E-state index in [2.05, 4.69) is 11.1 Å². The van der Waals surface area contributed by atoms with E-state index in [1.165, 1.54) is 5.56 Å². The van der Waals surface area contributed by atoms with Crippen LogP contribution in [-0.2, 0) is 6.42 Å². The number of likely N-dealkylation sites (tertiary alicyclic amines) is 1. The highest BCUT2D eigenvalue weighted by Crippen LogP contribution is 2.25. The lowest BCUT2D eigenvalue weighted by atomic mass is 10.0. The van der Waals surface area contributed by atoms with Crippen molar-refractivity contribution in [1.82, 2.24) is 14.5 Å². The van der Waals surface area contributed by atoms with Gasteiger partial charge in [0.2, 0.25) is 0 Å². The number of ether oxygens (including phenoxy) is 1. The Kier molecular flexibility index (Phi) is 5.25. The first-order valence-corrected chi connectivity index (χ1v) is 9.88. The Hall–Kier alpha value is -3.28. The lowest BCUT2D eigenvalue weighted by molar-refractivity contribution is 0.0736. The molecule has 1 atom stereocenters. The molecule has 0 radical (unpaired) electrons. The van der Waals surface area contributed by atoms with Crippen LogP contribution in [0.4, 0.5) is 0 Å². The number of benzene rings is 2. The molecule has 6 nitrogen and oxygen atoms in total. The summed E-state index contributed by atoms with van der Waals surface area (Å²) < 4.78 is 6.91. The molecule has 3 aromatic rings. The average Bonchev–Trinajstić information content (AvgIpc) is 3.34. The van der Waals surface area contributed by atoms with Crippen LogP contribution in [0.3, 0.4) is 0 Å². The molecule has 1 aromatic heterocycles. The van der Waals surface area contributed by atoms with Gasteiger partial charge in [-0.05, 0) is 68.1 Å². The summed E-state index contributed by atoms with van der Waals surface area (Å²) in [5, 5.41) is 0. The molecule has 1 saturated heterocycles. The summed E-state index contributed by atoms with van der Waals surface area (Å²) in [5.74, 6) is 0.879. The Balaban J connectivity index is 1.51. The number of imidazole rings is 1. The molecule has 0 spiro atoms. The third-order valence-electron chi connectivity index (χ3n) is 5.58. The van der Waals surface area contributed by atoms with Gasteiger partial charge >= 0.3 is 5.69 Å². The Morgan fingerprint density at radius 1 is 1.21 bits per heavy atom. The second-order valence-electron chi connectivity index (χ2n) is 7.47. The van der Waals surface area contributed by atoms with Crippen LogP contribution in [0.1, 0.15) is 34.5 Å². The van der Waals surface area contributed by atoms with Crippen molar-refractivity contribution in [3.05, 3.63) is 82.0 Å². The van der Waals surface area contributed by atoms with Crippen molar-refractivity contribution in [2.75, 3.05) is 13.7 Å².